The number of rotatable bonds is 1. The first-order valence-electron chi connectivity index (χ1n) is 5.13. The molecule has 0 bridgehead atoms. The van der Waals surface area contributed by atoms with Gasteiger partial charge in [0.15, 0.2) is 0 Å². The maximum absolute atomic E-state index is 4.34. The number of hydrogen-bond donors (Lipinski definition) is 0. The highest BCUT2D eigenvalue weighted by molar-refractivity contribution is 9.10. The van der Waals surface area contributed by atoms with Gasteiger partial charge in [-0.05, 0) is 18.2 Å². The lowest BCUT2D eigenvalue weighted by atomic mass is 10.1. The molecule has 0 radical (unpaired) electrons. The molecule has 3 aromatic rings. The summed E-state index contributed by atoms with van der Waals surface area (Å²) in [7, 11) is 1.89. The lowest BCUT2D eigenvalue weighted by Crippen LogP contribution is -1.88. The predicted molar refractivity (Wildman–Crippen MR) is 69.4 cm³/mol. The van der Waals surface area contributed by atoms with Crippen LogP contribution in [0.15, 0.2) is 41.4 Å². The van der Waals surface area contributed by atoms with E-state index in [0.717, 1.165) is 26.6 Å². The summed E-state index contributed by atoms with van der Waals surface area (Å²) in [5, 5.41) is 5.20. The molecule has 1 aromatic carbocycles. The van der Waals surface area contributed by atoms with Gasteiger partial charge in [0.1, 0.15) is 6.33 Å². The Morgan fingerprint density at radius 2 is 2.12 bits per heavy atom. The number of aromatic nitrogens is 4. The standard InChI is InChI=1S/C12H9BrN4/c1-17-6-8(5-16-17)12-10-3-2-9(13)4-11(10)14-7-15-12/h2-7H,1H3. The van der Waals surface area contributed by atoms with Gasteiger partial charge in [0.05, 0.1) is 17.4 Å². The van der Waals surface area contributed by atoms with Crippen molar-refractivity contribution in [1.82, 2.24) is 19.7 Å². The smallest absolute Gasteiger partial charge is 0.116 e. The number of halogens is 1. The number of fused-ring (bicyclic) bond motifs is 1. The minimum Gasteiger partial charge on any atom is -0.275 e. The van der Waals surface area contributed by atoms with Crippen molar-refractivity contribution >= 4 is 26.8 Å². The second kappa shape index (κ2) is 3.92. The van der Waals surface area contributed by atoms with Crippen LogP contribution in [0.1, 0.15) is 0 Å². The van der Waals surface area contributed by atoms with Crippen LogP contribution in [0.25, 0.3) is 22.2 Å². The quantitative estimate of drug-likeness (QED) is 0.692. The first-order chi connectivity index (χ1) is 8.24. The summed E-state index contributed by atoms with van der Waals surface area (Å²) in [6.07, 6.45) is 5.34. The van der Waals surface area contributed by atoms with Gasteiger partial charge in [0.2, 0.25) is 0 Å². The second-order valence-electron chi connectivity index (χ2n) is 3.79. The van der Waals surface area contributed by atoms with E-state index in [-0.39, 0.29) is 0 Å². The summed E-state index contributed by atoms with van der Waals surface area (Å²) in [5.41, 5.74) is 2.84. The van der Waals surface area contributed by atoms with E-state index in [1.165, 1.54) is 0 Å². The zero-order valence-electron chi connectivity index (χ0n) is 9.13. The summed E-state index contributed by atoms with van der Waals surface area (Å²) >= 11 is 3.44. The Morgan fingerprint density at radius 1 is 1.24 bits per heavy atom. The predicted octanol–water partition coefficient (Wildman–Crippen LogP) is 2.79. The maximum Gasteiger partial charge on any atom is 0.116 e. The van der Waals surface area contributed by atoms with Gasteiger partial charge in [0.25, 0.3) is 0 Å². The van der Waals surface area contributed by atoms with Crippen molar-refractivity contribution in [2.24, 2.45) is 7.05 Å². The van der Waals surface area contributed by atoms with E-state index in [9.17, 15) is 0 Å². The van der Waals surface area contributed by atoms with Crippen molar-refractivity contribution in [2.75, 3.05) is 0 Å². The van der Waals surface area contributed by atoms with Crippen LogP contribution < -0.4 is 0 Å². The van der Waals surface area contributed by atoms with Crippen molar-refractivity contribution in [3.8, 4) is 11.3 Å². The highest BCUT2D eigenvalue weighted by atomic mass is 79.9. The number of nitrogens with zero attached hydrogens (tertiary/aromatic N) is 4. The Balaban J connectivity index is 2.30. The average Bonchev–Trinajstić information content (AvgIpc) is 2.74. The SMILES string of the molecule is Cn1cc(-c2ncnc3cc(Br)ccc23)cn1. The fourth-order valence-electron chi connectivity index (χ4n) is 1.80. The van der Waals surface area contributed by atoms with Gasteiger partial charge in [-0.2, -0.15) is 5.10 Å². The molecule has 0 saturated heterocycles. The maximum atomic E-state index is 4.34. The number of aryl methyl sites for hydroxylation is 1. The minimum absolute atomic E-state index is 0.913. The van der Waals surface area contributed by atoms with E-state index in [4.69, 9.17) is 0 Å². The third kappa shape index (κ3) is 1.82. The summed E-state index contributed by atoms with van der Waals surface area (Å²) in [5.74, 6) is 0. The molecule has 0 aliphatic heterocycles. The Morgan fingerprint density at radius 3 is 2.88 bits per heavy atom. The van der Waals surface area contributed by atoms with E-state index in [1.54, 1.807) is 11.0 Å². The average molecular weight is 289 g/mol. The molecule has 3 rings (SSSR count). The highest BCUT2D eigenvalue weighted by Gasteiger charge is 2.07. The summed E-state index contributed by atoms with van der Waals surface area (Å²) < 4.78 is 2.78. The van der Waals surface area contributed by atoms with Crippen LogP contribution in [0, 0.1) is 0 Å². The molecule has 0 aliphatic rings. The van der Waals surface area contributed by atoms with Crippen LogP contribution in [-0.2, 0) is 7.05 Å². The van der Waals surface area contributed by atoms with Gasteiger partial charge in [-0.1, -0.05) is 15.9 Å². The molecule has 0 unspecified atom stereocenters. The molecule has 0 N–H and O–H groups in total. The molecule has 5 heteroatoms. The van der Waals surface area contributed by atoms with Crippen LogP contribution in [0.2, 0.25) is 0 Å². The van der Waals surface area contributed by atoms with Gasteiger partial charge in [-0.25, -0.2) is 9.97 Å². The van der Waals surface area contributed by atoms with E-state index >= 15 is 0 Å². The van der Waals surface area contributed by atoms with Crippen molar-refractivity contribution in [3.05, 3.63) is 41.4 Å². The molecule has 2 heterocycles. The highest BCUT2D eigenvalue weighted by Crippen LogP contribution is 2.26. The number of hydrogen-bond acceptors (Lipinski definition) is 3. The van der Waals surface area contributed by atoms with Gasteiger partial charge in [0, 0.05) is 28.7 Å². The molecule has 4 nitrogen and oxygen atoms in total. The molecule has 0 fully saturated rings. The Labute approximate surface area is 106 Å². The molecule has 0 atom stereocenters. The molecule has 0 aliphatic carbocycles. The fraction of sp³-hybridized carbons (Fsp3) is 0.0833. The second-order valence-corrected chi connectivity index (χ2v) is 4.70. The van der Waals surface area contributed by atoms with Gasteiger partial charge >= 0.3 is 0 Å². The third-order valence-corrected chi connectivity index (χ3v) is 3.07. The Kier molecular flexibility index (Phi) is 2.40. The zero-order chi connectivity index (χ0) is 11.8. The summed E-state index contributed by atoms with van der Waals surface area (Å²) in [4.78, 5) is 8.61. The molecular weight excluding hydrogens is 280 g/mol. The summed E-state index contributed by atoms with van der Waals surface area (Å²) in [6.45, 7) is 0. The lowest BCUT2D eigenvalue weighted by Gasteiger charge is -2.02. The van der Waals surface area contributed by atoms with Crippen molar-refractivity contribution in [3.63, 3.8) is 0 Å². The third-order valence-electron chi connectivity index (χ3n) is 2.58. The van der Waals surface area contributed by atoms with Crippen LogP contribution >= 0.6 is 15.9 Å². The number of benzene rings is 1. The monoisotopic (exact) mass is 288 g/mol. The zero-order valence-corrected chi connectivity index (χ0v) is 10.7. The molecular formula is C12H9BrN4. The van der Waals surface area contributed by atoms with Crippen LogP contribution in [0.4, 0.5) is 0 Å². The molecule has 84 valence electrons. The van der Waals surface area contributed by atoms with Crippen molar-refractivity contribution in [2.45, 2.75) is 0 Å². The topological polar surface area (TPSA) is 43.6 Å². The van der Waals surface area contributed by atoms with Crippen molar-refractivity contribution in [1.29, 1.82) is 0 Å². The van der Waals surface area contributed by atoms with Gasteiger partial charge < -0.3 is 0 Å². The fourth-order valence-corrected chi connectivity index (χ4v) is 2.15. The molecule has 0 spiro atoms. The van der Waals surface area contributed by atoms with Gasteiger partial charge in [-0.15, -0.1) is 0 Å². The van der Waals surface area contributed by atoms with Crippen LogP contribution in [-0.4, -0.2) is 19.7 Å². The summed E-state index contributed by atoms with van der Waals surface area (Å²) in [6, 6.07) is 5.99. The first-order valence-corrected chi connectivity index (χ1v) is 5.92. The van der Waals surface area contributed by atoms with Gasteiger partial charge in [-0.3, -0.25) is 4.68 Å². The van der Waals surface area contributed by atoms with E-state index in [1.807, 2.05) is 37.6 Å². The van der Waals surface area contributed by atoms with Crippen molar-refractivity contribution < 1.29 is 0 Å². The van der Waals surface area contributed by atoms with E-state index in [0.29, 0.717) is 0 Å². The minimum atomic E-state index is 0.913. The molecule has 0 amide bonds. The normalized spacial score (nSPS) is 10.9. The molecule has 17 heavy (non-hydrogen) atoms. The Hall–Kier alpha value is -1.75. The largest absolute Gasteiger partial charge is 0.275 e. The van der Waals surface area contributed by atoms with E-state index < -0.39 is 0 Å². The molecule has 0 saturated carbocycles. The van der Waals surface area contributed by atoms with E-state index in [2.05, 4.69) is 31.0 Å². The Bertz CT molecular complexity index is 690. The first kappa shape index (κ1) is 10.4. The van der Waals surface area contributed by atoms with Crippen LogP contribution in [0.5, 0.6) is 0 Å². The lowest BCUT2D eigenvalue weighted by molar-refractivity contribution is 0.768. The van der Waals surface area contributed by atoms with Crippen LogP contribution in [0.3, 0.4) is 0 Å². The molecule has 2 aromatic heterocycles.